The first kappa shape index (κ1) is 11.7. The molecular weight excluding hydrogens is 220 g/mol. The fraction of sp³-hybridized carbons (Fsp3) is 0.429. The zero-order valence-electron chi connectivity index (χ0n) is 9.79. The smallest absolute Gasteiger partial charge is 0.0688 e. The molecule has 1 unspecified atom stereocenters. The number of methoxy groups -OCH3 is 1. The van der Waals surface area contributed by atoms with E-state index in [0.717, 1.165) is 24.3 Å². The van der Waals surface area contributed by atoms with Crippen LogP contribution in [0.2, 0.25) is 5.02 Å². The van der Waals surface area contributed by atoms with Gasteiger partial charge in [-0.05, 0) is 49.5 Å². The van der Waals surface area contributed by atoms with E-state index in [1.54, 1.807) is 7.11 Å². The maximum absolute atomic E-state index is 5.88. The fourth-order valence-electron chi connectivity index (χ4n) is 2.05. The summed E-state index contributed by atoms with van der Waals surface area (Å²) < 4.78 is 5.52. The van der Waals surface area contributed by atoms with Gasteiger partial charge in [-0.3, -0.25) is 0 Å². The zero-order chi connectivity index (χ0) is 11.6. The SMILES string of the molecule is COC1(C)CC=C(c2ccc(Cl)cc2)CC1. The van der Waals surface area contributed by atoms with Crippen molar-refractivity contribution in [2.45, 2.75) is 31.8 Å². The van der Waals surface area contributed by atoms with E-state index in [-0.39, 0.29) is 5.60 Å². The lowest BCUT2D eigenvalue weighted by molar-refractivity contribution is 0.000131. The van der Waals surface area contributed by atoms with Gasteiger partial charge in [0.25, 0.3) is 0 Å². The maximum Gasteiger partial charge on any atom is 0.0688 e. The largest absolute Gasteiger partial charge is 0.378 e. The van der Waals surface area contributed by atoms with Gasteiger partial charge in [-0.1, -0.05) is 29.8 Å². The Labute approximate surface area is 102 Å². The second kappa shape index (κ2) is 4.60. The van der Waals surface area contributed by atoms with Crippen LogP contribution in [-0.2, 0) is 4.74 Å². The first-order chi connectivity index (χ1) is 7.63. The number of hydrogen-bond acceptors (Lipinski definition) is 1. The van der Waals surface area contributed by atoms with Gasteiger partial charge in [-0.15, -0.1) is 0 Å². The normalized spacial score (nSPS) is 25.3. The number of halogens is 1. The van der Waals surface area contributed by atoms with Crippen LogP contribution in [0.3, 0.4) is 0 Å². The van der Waals surface area contributed by atoms with Gasteiger partial charge >= 0.3 is 0 Å². The average Bonchev–Trinajstić information content (AvgIpc) is 2.32. The predicted octanol–water partition coefficient (Wildman–Crippen LogP) is 4.31. The molecule has 0 N–H and O–H groups in total. The van der Waals surface area contributed by atoms with Crippen molar-refractivity contribution in [2.75, 3.05) is 7.11 Å². The minimum Gasteiger partial charge on any atom is -0.378 e. The monoisotopic (exact) mass is 236 g/mol. The predicted molar refractivity (Wildman–Crippen MR) is 68.7 cm³/mol. The summed E-state index contributed by atoms with van der Waals surface area (Å²) in [6, 6.07) is 8.07. The highest BCUT2D eigenvalue weighted by Crippen LogP contribution is 2.34. The summed E-state index contributed by atoms with van der Waals surface area (Å²) in [5.41, 5.74) is 2.71. The molecule has 1 aromatic rings. The molecule has 0 fully saturated rings. The van der Waals surface area contributed by atoms with Gasteiger partial charge in [0, 0.05) is 12.1 Å². The molecule has 16 heavy (non-hydrogen) atoms. The molecule has 0 aromatic heterocycles. The van der Waals surface area contributed by atoms with Crippen LogP contribution < -0.4 is 0 Å². The molecule has 1 aliphatic rings. The van der Waals surface area contributed by atoms with Crippen molar-refractivity contribution in [3.8, 4) is 0 Å². The van der Waals surface area contributed by atoms with Crippen LogP contribution in [0.5, 0.6) is 0 Å². The van der Waals surface area contributed by atoms with Crippen LogP contribution >= 0.6 is 11.6 Å². The van der Waals surface area contributed by atoms with Crippen LogP contribution in [0, 0.1) is 0 Å². The van der Waals surface area contributed by atoms with Crippen LogP contribution in [0.4, 0.5) is 0 Å². The summed E-state index contributed by atoms with van der Waals surface area (Å²) in [5.74, 6) is 0. The van der Waals surface area contributed by atoms with E-state index >= 15 is 0 Å². The average molecular weight is 237 g/mol. The van der Waals surface area contributed by atoms with Crippen molar-refractivity contribution in [3.63, 3.8) is 0 Å². The molecule has 1 aliphatic carbocycles. The zero-order valence-corrected chi connectivity index (χ0v) is 10.6. The number of ether oxygens (including phenoxy) is 1. The molecule has 0 bridgehead atoms. The summed E-state index contributed by atoms with van der Waals surface area (Å²) in [4.78, 5) is 0. The lowest BCUT2D eigenvalue weighted by Crippen LogP contribution is -2.28. The van der Waals surface area contributed by atoms with Gasteiger partial charge in [-0.25, -0.2) is 0 Å². The molecule has 1 aromatic carbocycles. The minimum absolute atomic E-state index is 0.0237. The Morgan fingerprint density at radius 2 is 1.94 bits per heavy atom. The summed E-state index contributed by atoms with van der Waals surface area (Å²) in [6.07, 6.45) is 5.43. The van der Waals surface area contributed by atoms with E-state index in [2.05, 4.69) is 25.1 Å². The van der Waals surface area contributed by atoms with Crippen molar-refractivity contribution >= 4 is 17.2 Å². The first-order valence-electron chi connectivity index (χ1n) is 5.63. The number of benzene rings is 1. The molecular formula is C14H17ClO. The summed E-state index contributed by atoms with van der Waals surface area (Å²) in [6.45, 7) is 2.17. The van der Waals surface area contributed by atoms with Crippen LogP contribution in [0.1, 0.15) is 31.7 Å². The molecule has 0 saturated heterocycles. The number of hydrogen-bond donors (Lipinski definition) is 0. The Kier molecular flexibility index (Phi) is 3.36. The van der Waals surface area contributed by atoms with Gasteiger partial charge in [0.1, 0.15) is 0 Å². The summed E-state index contributed by atoms with van der Waals surface area (Å²) >= 11 is 5.88. The maximum atomic E-state index is 5.88. The van der Waals surface area contributed by atoms with E-state index in [1.807, 2.05) is 12.1 Å². The van der Waals surface area contributed by atoms with Gasteiger partial charge < -0.3 is 4.74 Å². The third kappa shape index (κ3) is 2.47. The van der Waals surface area contributed by atoms with Gasteiger partial charge in [-0.2, -0.15) is 0 Å². The second-order valence-electron chi connectivity index (χ2n) is 4.59. The molecule has 0 saturated carbocycles. The molecule has 0 heterocycles. The molecule has 0 aliphatic heterocycles. The molecule has 2 heteroatoms. The third-order valence-electron chi connectivity index (χ3n) is 3.41. The highest BCUT2D eigenvalue weighted by Gasteiger charge is 2.26. The van der Waals surface area contributed by atoms with Crippen molar-refractivity contribution in [3.05, 3.63) is 40.9 Å². The van der Waals surface area contributed by atoms with Gasteiger partial charge in [0.2, 0.25) is 0 Å². The Bertz CT molecular complexity index is 394. The van der Waals surface area contributed by atoms with Crippen molar-refractivity contribution in [1.29, 1.82) is 0 Å². The van der Waals surface area contributed by atoms with Crippen molar-refractivity contribution < 1.29 is 4.74 Å². The van der Waals surface area contributed by atoms with E-state index in [0.29, 0.717) is 0 Å². The molecule has 1 nitrogen and oxygen atoms in total. The molecule has 0 radical (unpaired) electrons. The van der Waals surface area contributed by atoms with Crippen molar-refractivity contribution in [1.82, 2.24) is 0 Å². The Balaban J connectivity index is 2.16. The Hall–Kier alpha value is -0.790. The second-order valence-corrected chi connectivity index (χ2v) is 5.03. The van der Waals surface area contributed by atoms with E-state index in [9.17, 15) is 0 Å². The highest BCUT2D eigenvalue weighted by atomic mass is 35.5. The fourth-order valence-corrected chi connectivity index (χ4v) is 2.18. The van der Waals surface area contributed by atoms with Crippen LogP contribution in [-0.4, -0.2) is 12.7 Å². The topological polar surface area (TPSA) is 9.23 Å². The number of rotatable bonds is 2. The molecule has 1 atom stereocenters. The standard InChI is InChI=1S/C14H17ClO/c1-14(16-2)9-7-12(8-10-14)11-3-5-13(15)6-4-11/h3-7H,8-10H2,1-2H3. The molecule has 0 amide bonds. The van der Waals surface area contributed by atoms with E-state index < -0.39 is 0 Å². The quantitative estimate of drug-likeness (QED) is 0.744. The van der Waals surface area contributed by atoms with Gasteiger partial charge in [0.15, 0.2) is 0 Å². The van der Waals surface area contributed by atoms with E-state index in [4.69, 9.17) is 16.3 Å². The highest BCUT2D eigenvalue weighted by molar-refractivity contribution is 6.30. The Morgan fingerprint density at radius 3 is 2.44 bits per heavy atom. The lowest BCUT2D eigenvalue weighted by atomic mass is 9.84. The lowest BCUT2D eigenvalue weighted by Gasteiger charge is -2.31. The number of allylic oxidation sites excluding steroid dienone is 1. The summed E-state index contributed by atoms with van der Waals surface area (Å²) in [5, 5.41) is 0.793. The van der Waals surface area contributed by atoms with E-state index in [1.165, 1.54) is 11.1 Å². The third-order valence-corrected chi connectivity index (χ3v) is 3.66. The minimum atomic E-state index is 0.0237. The Morgan fingerprint density at radius 1 is 1.25 bits per heavy atom. The summed E-state index contributed by atoms with van der Waals surface area (Å²) in [7, 11) is 1.79. The van der Waals surface area contributed by atoms with Gasteiger partial charge in [0.05, 0.1) is 5.60 Å². The van der Waals surface area contributed by atoms with Crippen LogP contribution in [0.15, 0.2) is 30.3 Å². The van der Waals surface area contributed by atoms with Crippen molar-refractivity contribution in [2.24, 2.45) is 0 Å². The van der Waals surface area contributed by atoms with Crippen LogP contribution in [0.25, 0.3) is 5.57 Å². The first-order valence-corrected chi connectivity index (χ1v) is 6.01. The molecule has 0 spiro atoms. The molecule has 2 rings (SSSR count). The molecule has 86 valence electrons.